The fourth-order valence-corrected chi connectivity index (χ4v) is 2.49. The van der Waals surface area contributed by atoms with Crippen LogP contribution >= 0.6 is 0 Å². The topological polar surface area (TPSA) is 37.3 Å². The minimum absolute atomic E-state index is 0.310. The average molecular weight is 262 g/mol. The fraction of sp³-hybridized carbons (Fsp3) is 0.0556. The van der Waals surface area contributed by atoms with Crippen molar-refractivity contribution >= 4 is 16.7 Å². The summed E-state index contributed by atoms with van der Waals surface area (Å²) in [6.45, 7) is 2.10. The summed E-state index contributed by atoms with van der Waals surface area (Å²) in [6.07, 6.45) is 0. The van der Waals surface area contributed by atoms with Crippen molar-refractivity contribution < 1.29 is 9.90 Å². The van der Waals surface area contributed by atoms with Crippen molar-refractivity contribution in [3.63, 3.8) is 0 Å². The molecule has 0 aliphatic rings. The molecule has 0 radical (unpaired) electrons. The number of rotatable bonds is 2. The molecule has 0 saturated heterocycles. The van der Waals surface area contributed by atoms with Gasteiger partial charge in [-0.1, -0.05) is 48.5 Å². The van der Waals surface area contributed by atoms with Crippen molar-refractivity contribution in [3.8, 4) is 11.1 Å². The molecule has 0 aromatic heterocycles. The zero-order valence-corrected chi connectivity index (χ0v) is 11.1. The summed E-state index contributed by atoms with van der Waals surface area (Å²) < 4.78 is 0. The molecule has 3 aromatic carbocycles. The number of hydrogen-bond acceptors (Lipinski definition) is 1. The van der Waals surface area contributed by atoms with Gasteiger partial charge in [0.15, 0.2) is 0 Å². The van der Waals surface area contributed by atoms with E-state index in [1.807, 2.05) is 24.3 Å². The van der Waals surface area contributed by atoms with Crippen molar-refractivity contribution in [2.75, 3.05) is 0 Å². The summed E-state index contributed by atoms with van der Waals surface area (Å²) in [5.74, 6) is -0.898. The third-order valence-corrected chi connectivity index (χ3v) is 3.58. The molecular formula is C18H14O2. The molecule has 3 aromatic rings. The van der Waals surface area contributed by atoms with E-state index in [4.69, 9.17) is 5.11 Å². The summed E-state index contributed by atoms with van der Waals surface area (Å²) >= 11 is 0. The van der Waals surface area contributed by atoms with Crippen LogP contribution in [-0.2, 0) is 0 Å². The monoisotopic (exact) mass is 262 g/mol. The molecule has 0 heterocycles. The predicted octanol–water partition coefficient (Wildman–Crippen LogP) is 4.51. The largest absolute Gasteiger partial charge is 0.478 e. The minimum Gasteiger partial charge on any atom is -0.478 e. The lowest BCUT2D eigenvalue weighted by Gasteiger charge is -2.09. The lowest BCUT2D eigenvalue weighted by Crippen LogP contribution is -1.95. The summed E-state index contributed by atoms with van der Waals surface area (Å²) in [5.41, 5.74) is 3.71. The highest BCUT2D eigenvalue weighted by atomic mass is 16.4. The first-order valence-corrected chi connectivity index (χ1v) is 6.49. The van der Waals surface area contributed by atoms with E-state index >= 15 is 0 Å². The van der Waals surface area contributed by atoms with Crippen LogP contribution in [-0.4, -0.2) is 11.1 Å². The molecule has 0 aliphatic heterocycles. The molecular weight excluding hydrogens is 248 g/mol. The predicted molar refractivity (Wildman–Crippen MR) is 81.1 cm³/mol. The van der Waals surface area contributed by atoms with E-state index in [0.29, 0.717) is 5.56 Å². The Bertz CT molecular complexity index is 786. The molecule has 0 unspecified atom stereocenters. The van der Waals surface area contributed by atoms with Crippen molar-refractivity contribution in [2.24, 2.45) is 0 Å². The Morgan fingerprint density at radius 2 is 1.50 bits per heavy atom. The quantitative estimate of drug-likeness (QED) is 0.737. The Kier molecular flexibility index (Phi) is 2.99. The highest BCUT2D eigenvalue weighted by Gasteiger charge is 2.07. The number of fused-ring (bicyclic) bond motifs is 1. The van der Waals surface area contributed by atoms with E-state index in [9.17, 15) is 4.79 Å². The van der Waals surface area contributed by atoms with Crippen molar-refractivity contribution in [3.05, 3.63) is 71.8 Å². The van der Waals surface area contributed by atoms with Crippen LogP contribution in [0.4, 0.5) is 0 Å². The van der Waals surface area contributed by atoms with Gasteiger partial charge in [-0.3, -0.25) is 0 Å². The molecule has 1 N–H and O–H groups in total. The van der Waals surface area contributed by atoms with Crippen molar-refractivity contribution in [2.45, 2.75) is 6.92 Å². The molecule has 3 rings (SSSR count). The Labute approximate surface area is 117 Å². The second kappa shape index (κ2) is 4.82. The molecule has 0 amide bonds. The molecule has 0 spiro atoms. The lowest BCUT2D eigenvalue weighted by molar-refractivity contribution is 0.0697. The SMILES string of the molecule is Cc1ccc(-c2ccc(C(=O)O)cc2)c2ccccc12. The van der Waals surface area contributed by atoms with Gasteiger partial charge in [0.25, 0.3) is 0 Å². The molecule has 0 fully saturated rings. The smallest absolute Gasteiger partial charge is 0.335 e. The van der Waals surface area contributed by atoms with E-state index < -0.39 is 5.97 Å². The summed E-state index contributed by atoms with van der Waals surface area (Å²) in [5, 5.41) is 11.4. The molecule has 98 valence electrons. The van der Waals surface area contributed by atoms with Crippen LogP contribution in [0.1, 0.15) is 15.9 Å². The van der Waals surface area contributed by atoms with Gasteiger partial charge in [0.1, 0.15) is 0 Å². The maximum Gasteiger partial charge on any atom is 0.335 e. The van der Waals surface area contributed by atoms with E-state index in [1.54, 1.807) is 12.1 Å². The molecule has 0 aliphatic carbocycles. The van der Waals surface area contributed by atoms with Gasteiger partial charge in [-0.25, -0.2) is 4.79 Å². The van der Waals surface area contributed by atoms with Gasteiger partial charge < -0.3 is 5.11 Å². The third-order valence-electron chi connectivity index (χ3n) is 3.58. The molecule has 20 heavy (non-hydrogen) atoms. The van der Waals surface area contributed by atoms with E-state index in [-0.39, 0.29) is 0 Å². The fourth-order valence-electron chi connectivity index (χ4n) is 2.49. The van der Waals surface area contributed by atoms with Gasteiger partial charge >= 0.3 is 5.97 Å². The van der Waals surface area contributed by atoms with Crippen LogP contribution in [0.25, 0.3) is 21.9 Å². The van der Waals surface area contributed by atoms with Gasteiger partial charge in [-0.15, -0.1) is 0 Å². The van der Waals surface area contributed by atoms with Crippen molar-refractivity contribution in [1.82, 2.24) is 0 Å². The van der Waals surface area contributed by atoms with Gasteiger partial charge in [0.2, 0.25) is 0 Å². The lowest BCUT2D eigenvalue weighted by atomic mass is 9.95. The number of carboxylic acid groups (broad SMARTS) is 1. The normalized spacial score (nSPS) is 10.7. The van der Waals surface area contributed by atoms with Gasteiger partial charge in [-0.2, -0.15) is 0 Å². The second-order valence-corrected chi connectivity index (χ2v) is 4.86. The zero-order valence-electron chi connectivity index (χ0n) is 11.1. The Morgan fingerprint density at radius 3 is 2.15 bits per heavy atom. The summed E-state index contributed by atoms with van der Waals surface area (Å²) in [4.78, 5) is 10.9. The standard InChI is InChI=1S/C18H14O2/c1-12-6-11-16(17-5-3-2-4-15(12)17)13-7-9-14(10-8-13)18(19)20/h2-11H,1H3,(H,19,20). The first kappa shape index (κ1) is 12.4. The Morgan fingerprint density at radius 1 is 0.850 bits per heavy atom. The van der Waals surface area contributed by atoms with E-state index in [0.717, 1.165) is 11.1 Å². The number of benzene rings is 3. The van der Waals surface area contributed by atoms with E-state index in [1.165, 1.54) is 16.3 Å². The third kappa shape index (κ3) is 2.05. The average Bonchev–Trinajstić information content (AvgIpc) is 2.48. The van der Waals surface area contributed by atoms with Gasteiger partial charge in [0, 0.05) is 0 Å². The number of aromatic carboxylic acids is 1. The molecule has 0 bridgehead atoms. The first-order chi connectivity index (χ1) is 9.66. The molecule has 0 saturated carbocycles. The maximum atomic E-state index is 10.9. The molecule has 0 atom stereocenters. The van der Waals surface area contributed by atoms with Crippen LogP contribution in [0.15, 0.2) is 60.7 Å². The molecule has 2 nitrogen and oxygen atoms in total. The van der Waals surface area contributed by atoms with Crippen LogP contribution < -0.4 is 0 Å². The summed E-state index contributed by atoms with van der Waals surface area (Å²) in [7, 11) is 0. The molecule has 2 heteroatoms. The number of carboxylic acids is 1. The number of carbonyl (C=O) groups is 1. The second-order valence-electron chi connectivity index (χ2n) is 4.86. The minimum atomic E-state index is -0.898. The Hall–Kier alpha value is -2.61. The number of hydrogen-bond donors (Lipinski definition) is 1. The highest BCUT2D eigenvalue weighted by molar-refractivity contribution is 5.99. The van der Waals surface area contributed by atoms with Gasteiger partial charge in [0.05, 0.1) is 5.56 Å². The number of aryl methyl sites for hydroxylation is 1. The summed E-state index contributed by atoms with van der Waals surface area (Å²) in [6, 6.07) is 19.5. The Balaban J connectivity index is 2.19. The maximum absolute atomic E-state index is 10.9. The first-order valence-electron chi connectivity index (χ1n) is 6.49. The van der Waals surface area contributed by atoms with Crippen LogP contribution in [0.2, 0.25) is 0 Å². The zero-order chi connectivity index (χ0) is 14.1. The van der Waals surface area contributed by atoms with Gasteiger partial charge in [-0.05, 0) is 46.5 Å². The van der Waals surface area contributed by atoms with Crippen molar-refractivity contribution in [1.29, 1.82) is 0 Å². The van der Waals surface area contributed by atoms with Crippen LogP contribution in [0.3, 0.4) is 0 Å². The highest BCUT2D eigenvalue weighted by Crippen LogP contribution is 2.30. The van der Waals surface area contributed by atoms with Crippen LogP contribution in [0, 0.1) is 6.92 Å². The van der Waals surface area contributed by atoms with Crippen LogP contribution in [0.5, 0.6) is 0 Å². The van der Waals surface area contributed by atoms with E-state index in [2.05, 4.69) is 31.2 Å².